The van der Waals surface area contributed by atoms with Crippen molar-refractivity contribution < 1.29 is 31.1 Å². The lowest BCUT2D eigenvalue weighted by Gasteiger charge is -2.26. The molecule has 1 heterocycles. The molecule has 35 heavy (non-hydrogen) atoms. The molecule has 0 atom stereocenters. The fraction of sp³-hybridized carbons (Fsp3) is 0.458. The zero-order valence-corrected chi connectivity index (χ0v) is 20.4. The maximum Gasteiger partial charge on any atom is 0.416 e. The highest BCUT2D eigenvalue weighted by Crippen LogP contribution is 2.32. The van der Waals surface area contributed by atoms with Gasteiger partial charge in [-0.1, -0.05) is 30.3 Å². The summed E-state index contributed by atoms with van der Waals surface area (Å²) in [6.45, 7) is 4.24. The molecule has 0 aliphatic carbocycles. The number of anilines is 1. The average molecular weight is 514 g/mol. The van der Waals surface area contributed by atoms with Crippen LogP contribution in [0, 0.1) is 0 Å². The first-order valence-corrected chi connectivity index (χ1v) is 13.2. The highest BCUT2D eigenvalue weighted by molar-refractivity contribution is 7.92. The number of carbonyl (C=O) groups is 1. The lowest BCUT2D eigenvalue weighted by atomic mass is 10.1. The van der Waals surface area contributed by atoms with Crippen LogP contribution < -0.4 is 9.62 Å². The molecule has 0 unspecified atom stereocenters. The van der Waals surface area contributed by atoms with Crippen molar-refractivity contribution >= 4 is 21.6 Å². The van der Waals surface area contributed by atoms with E-state index in [1.54, 1.807) is 0 Å². The molecule has 2 aromatic rings. The summed E-state index contributed by atoms with van der Waals surface area (Å²) in [4.78, 5) is 14.6. The van der Waals surface area contributed by atoms with E-state index in [2.05, 4.69) is 10.2 Å². The number of halogens is 3. The number of nitrogens with one attached hydrogen (secondary N) is 1. The molecule has 7 nitrogen and oxygen atoms in total. The maximum atomic E-state index is 13.0. The lowest BCUT2D eigenvalue weighted by Crippen LogP contribution is -2.35. The van der Waals surface area contributed by atoms with Gasteiger partial charge in [-0.3, -0.25) is 14.0 Å². The van der Waals surface area contributed by atoms with E-state index in [9.17, 15) is 26.4 Å². The molecule has 3 rings (SSSR count). The Kier molecular flexibility index (Phi) is 9.15. The summed E-state index contributed by atoms with van der Waals surface area (Å²) in [5.41, 5.74) is 1.08. The molecule has 0 spiro atoms. The summed E-state index contributed by atoms with van der Waals surface area (Å²) in [6, 6.07) is 12.1. The van der Waals surface area contributed by atoms with Gasteiger partial charge in [-0.25, -0.2) is 8.42 Å². The van der Waals surface area contributed by atoms with Crippen LogP contribution in [-0.2, 0) is 38.8 Å². The highest BCUT2D eigenvalue weighted by Gasteiger charge is 2.31. The predicted octanol–water partition coefficient (Wildman–Crippen LogP) is 3.40. The minimum Gasteiger partial charge on any atom is -0.379 e. The van der Waals surface area contributed by atoms with Gasteiger partial charge >= 0.3 is 6.18 Å². The van der Waals surface area contributed by atoms with Gasteiger partial charge in [0.05, 0.1) is 30.7 Å². The minimum absolute atomic E-state index is 0.0401. The van der Waals surface area contributed by atoms with Crippen LogP contribution >= 0.6 is 0 Å². The third kappa shape index (κ3) is 8.52. The Morgan fingerprint density at radius 2 is 1.77 bits per heavy atom. The molecule has 1 amide bonds. The second-order valence-corrected chi connectivity index (χ2v) is 10.4. The van der Waals surface area contributed by atoms with Crippen molar-refractivity contribution in [1.29, 1.82) is 0 Å². The van der Waals surface area contributed by atoms with E-state index in [0.717, 1.165) is 72.7 Å². The normalized spacial score (nSPS) is 15.1. The third-order valence-corrected chi connectivity index (χ3v) is 6.81. The van der Waals surface area contributed by atoms with Gasteiger partial charge in [0.15, 0.2) is 0 Å². The van der Waals surface area contributed by atoms with Crippen LogP contribution in [0.2, 0.25) is 0 Å². The molecule has 192 valence electrons. The number of nitrogens with zero attached hydrogens (tertiary/aromatic N) is 2. The molecule has 1 saturated heterocycles. The molecule has 0 saturated carbocycles. The van der Waals surface area contributed by atoms with E-state index in [0.29, 0.717) is 6.54 Å². The number of ether oxygens (including phenoxy) is 1. The number of amides is 1. The van der Waals surface area contributed by atoms with E-state index < -0.39 is 21.8 Å². The van der Waals surface area contributed by atoms with Crippen molar-refractivity contribution in [3.05, 3.63) is 65.2 Å². The fourth-order valence-corrected chi connectivity index (χ4v) is 4.81. The van der Waals surface area contributed by atoms with E-state index >= 15 is 0 Å². The van der Waals surface area contributed by atoms with Crippen LogP contribution in [0.4, 0.5) is 18.9 Å². The summed E-state index contributed by atoms with van der Waals surface area (Å²) >= 11 is 0. The van der Waals surface area contributed by atoms with Gasteiger partial charge in [-0.2, -0.15) is 13.2 Å². The van der Waals surface area contributed by atoms with Crippen molar-refractivity contribution in [1.82, 2.24) is 10.2 Å². The topological polar surface area (TPSA) is 79.0 Å². The van der Waals surface area contributed by atoms with E-state index in [1.165, 1.54) is 6.07 Å². The first-order valence-electron chi connectivity index (χ1n) is 11.3. The Morgan fingerprint density at radius 1 is 1.09 bits per heavy atom. The summed E-state index contributed by atoms with van der Waals surface area (Å²) in [5.74, 6) is -0.263. The molecular weight excluding hydrogens is 483 g/mol. The first-order chi connectivity index (χ1) is 16.5. The quantitative estimate of drug-likeness (QED) is 0.527. The molecule has 0 aromatic heterocycles. The zero-order valence-electron chi connectivity index (χ0n) is 19.6. The Bertz CT molecular complexity index is 1100. The first kappa shape index (κ1) is 27.0. The van der Waals surface area contributed by atoms with Crippen molar-refractivity contribution in [3.63, 3.8) is 0 Å². The Hall–Kier alpha value is -2.63. The Balaban J connectivity index is 1.51. The number of morpholine rings is 1. The van der Waals surface area contributed by atoms with Crippen LogP contribution in [0.1, 0.15) is 29.5 Å². The van der Waals surface area contributed by atoms with Gasteiger partial charge in [-0.05, 0) is 35.7 Å². The highest BCUT2D eigenvalue weighted by atomic mass is 32.2. The van der Waals surface area contributed by atoms with E-state index in [1.807, 2.05) is 24.3 Å². The summed E-state index contributed by atoms with van der Waals surface area (Å²) in [5, 5.41) is 2.82. The van der Waals surface area contributed by atoms with Gasteiger partial charge in [-0.15, -0.1) is 0 Å². The SMILES string of the molecule is CS(=O)(=O)N(CCCC(=O)NCc1cccc(CN2CCOCC2)c1)c1cccc(C(F)(F)F)c1. The maximum absolute atomic E-state index is 13.0. The number of benzene rings is 2. The molecule has 0 radical (unpaired) electrons. The summed E-state index contributed by atoms with van der Waals surface area (Å²) in [7, 11) is -3.83. The van der Waals surface area contributed by atoms with Crippen LogP contribution in [0.5, 0.6) is 0 Å². The van der Waals surface area contributed by atoms with Crippen LogP contribution in [0.25, 0.3) is 0 Å². The number of hydrogen-bond donors (Lipinski definition) is 1. The number of sulfonamides is 1. The van der Waals surface area contributed by atoms with Crippen LogP contribution in [0.15, 0.2) is 48.5 Å². The van der Waals surface area contributed by atoms with Gasteiger partial charge in [0, 0.05) is 39.1 Å². The van der Waals surface area contributed by atoms with Crippen LogP contribution in [0.3, 0.4) is 0 Å². The molecular formula is C24H30F3N3O4S. The Morgan fingerprint density at radius 3 is 2.46 bits per heavy atom. The fourth-order valence-electron chi connectivity index (χ4n) is 3.85. The monoisotopic (exact) mass is 513 g/mol. The smallest absolute Gasteiger partial charge is 0.379 e. The molecule has 1 fully saturated rings. The molecule has 0 bridgehead atoms. The molecule has 11 heteroatoms. The van der Waals surface area contributed by atoms with Gasteiger partial charge in [0.1, 0.15) is 0 Å². The largest absolute Gasteiger partial charge is 0.416 e. The van der Waals surface area contributed by atoms with Gasteiger partial charge in [0.25, 0.3) is 0 Å². The molecule has 2 aromatic carbocycles. The number of hydrogen-bond acceptors (Lipinski definition) is 5. The van der Waals surface area contributed by atoms with Crippen molar-refractivity contribution in [2.75, 3.05) is 43.4 Å². The zero-order chi connectivity index (χ0) is 25.5. The van der Waals surface area contributed by atoms with Crippen molar-refractivity contribution in [3.8, 4) is 0 Å². The lowest BCUT2D eigenvalue weighted by molar-refractivity contribution is -0.137. The third-order valence-electron chi connectivity index (χ3n) is 5.62. The number of alkyl halides is 3. The number of rotatable bonds is 10. The van der Waals surface area contributed by atoms with Crippen molar-refractivity contribution in [2.24, 2.45) is 0 Å². The van der Waals surface area contributed by atoms with Crippen LogP contribution in [-0.4, -0.2) is 58.3 Å². The van der Waals surface area contributed by atoms with Gasteiger partial charge < -0.3 is 10.1 Å². The van der Waals surface area contributed by atoms with E-state index in [4.69, 9.17) is 4.74 Å². The average Bonchev–Trinajstić information content (AvgIpc) is 2.80. The van der Waals surface area contributed by atoms with Gasteiger partial charge in [0.2, 0.25) is 15.9 Å². The number of carbonyl (C=O) groups excluding carboxylic acids is 1. The molecule has 1 N–H and O–H groups in total. The van der Waals surface area contributed by atoms with Crippen molar-refractivity contribution in [2.45, 2.75) is 32.1 Å². The molecule has 1 aliphatic rings. The minimum atomic E-state index is -4.58. The van der Waals surface area contributed by atoms with E-state index in [-0.39, 0.29) is 31.0 Å². The summed E-state index contributed by atoms with van der Waals surface area (Å²) in [6.07, 6.45) is -3.46. The Labute approximate surface area is 203 Å². The summed E-state index contributed by atoms with van der Waals surface area (Å²) < 4.78 is 69.7. The standard InChI is InChI=1S/C24H30F3N3O4S/c1-35(32,33)30(22-8-3-7-21(16-22)24(25,26)27)10-4-9-23(31)28-17-19-5-2-6-20(15-19)18-29-11-13-34-14-12-29/h2-3,5-8,15-16H,4,9-14,17-18H2,1H3,(H,28,31). The molecule has 1 aliphatic heterocycles. The predicted molar refractivity (Wildman–Crippen MR) is 127 cm³/mol. The second kappa shape index (κ2) is 11.9. The second-order valence-electron chi connectivity index (χ2n) is 8.47.